The van der Waals surface area contributed by atoms with Crippen molar-refractivity contribution in [3.05, 3.63) is 48.3 Å². The molecule has 0 radical (unpaired) electrons. The minimum atomic E-state index is -1.96. The molecule has 0 unspecified atom stereocenters. The molecule has 0 saturated carbocycles. The molecule has 0 saturated heterocycles. The summed E-state index contributed by atoms with van der Waals surface area (Å²) in [6.07, 6.45) is 3.09. The number of ether oxygens (including phenoxy) is 2. The molecule has 1 aliphatic rings. The zero-order valence-electron chi connectivity index (χ0n) is 14.4. The molecule has 1 aromatic carbocycles. The molecule has 0 fully saturated rings. The van der Waals surface area contributed by atoms with Crippen molar-refractivity contribution < 1.29 is 27.8 Å². The third-order valence-corrected chi connectivity index (χ3v) is 4.14. The van der Waals surface area contributed by atoms with Crippen LogP contribution in [0.5, 0.6) is 11.5 Å². The summed E-state index contributed by atoms with van der Waals surface area (Å²) >= 11 is 0. The van der Waals surface area contributed by atoms with E-state index in [1.807, 2.05) is 0 Å². The fourth-order valence-corrected chi connectivity index (χ4v) is 2.66. The van der Waals surface area contributed by atoms with Crippen molar-refractivity contribution in [1.29, 1.82) is 0 Å². The number of rotatable bonds is 4. The molecular formula is C18H15F3N4O3. The minimum Gasteiger partial charge on any atom is -0.461 e. The van der Waals surface area contributed by atoms with E-state index >= 15 is 0 Å². The Morgan fingerprint density at radius 2 is 2.07 bits per heavy atom. The number of H-pyrrole nitrogens is 1. The van der Waals surface area contributed by atoms with Crippen LogP contribution in [0.25, 0.3) is 11.0 Å². The number of hydrogen-bond donors (Lipinski definition) is 3. The van der Waals surface area contributed by atoms with Gasteiger partial charge in [0, 0.05) is 30.2 Å². The smallest absolute Gasteiger partial charge is 0.289 e. The summed E-state index contributed by atoms with van der Waals surface area (Å²) in [4.78, 5) is 10.8. The largest absolute Gasteiger partial charge is 0.461 e. The minimum absolute atomic E-state index is 0.0120. The number of aromatic amines is 1. The highest BCUT2D eigenvalue weighted by molar-refractivity contribution is 5.89. The van der Waals surface area contributed by atoms with Crippen LogP contribution >= 0.6 is 0 Å². The summed E-state index contributed by atoms with van der Waals surface area (Å²) in [5.74, 6) is -2.23. The number of amidine groups is 1. The third kappa shape index (κ3) is 3.46. The first-order chi connectivity index (χ1) is 13.5. The van der Waals surface area contributed by atoms with Gasteiger partial charge in [0.05, 0.1) is 18.5 Å². The van der Waals surface area contributed by atoms with Crippen LogP contribution in [0.3, 0.4) is 0 Å². The van der Waals surface area contributed by atoms with Gasteiger partial charge in [-0.25, -0.2) is 23.1 Å². The van der Waals surface area contributed by atoms with Gasteiger partial charge in [0.15, 0.2) is 23.1 Å². The van der Waals surface area contributed by atoms with E-state index in [-0.39, 0.29) is 24.0 Å². The first-order valence-corrected chi connectivity index (χ1v) is 8.30. The molecule has 28 heavy (non-hydrogen) atoms. The van der Waals surface area contributed by atoms with Crippen molar-refractivity contribution in [2.45, 2.75) is 5.67 Å². The van der Waals surface area contributed by atoms with Gasteiger partial charge in [0.25, 0.3) is 6.02 Å². The lowest BCUT2D eigenvalue weighted by atomic mass is 10.1. The third-order valence-electron chi connectivity index (χ3n) is 4.14. The van der Waals surface area contributed by atoms with Gasteiger partial charge in [0.1, 0.15) is 18.0 Å². The molecule has 146 valence electrons. The molecule has 0 amide bonds. The normalized spacial score (nSPS) is 19.2. The van der Waals surface area contributed by atoms with Gasteiger partial charge < -0.3 is 24.9 Å². The molecule has 7 nitrogen and oxygen atoms in total. The Labute approximate surface area is 156 Å². The second-order valence-corrected chi connectivity index (χ2v) is 6.26. The maximum absolute atomic E-state index is 14.5. The van der Waals surface area contributed by atoms with Gasteiger partial charge in [-0.05, 0) is 12.1 Å². The standard InChI is InChI=1S/C18H15F3N4O3/c19-12-5-10(25-17-24-7-18(21,8-26)9-27-17)6-13(20)15(12)28-14-2-4-23-16-11(14)1-3-22-16/h1-6,26H,7-9H2,(H,22,23)(H,24,25)/t18-/m1/s1. The number of aromatic nitrogens is 2. The van der Waals surface area contributed by atoms with E-state index in [0.717, 1.165) is 12.1 Å². The lowest BCUT2D eigenvalue weighted by molar-refractivity contribution is 0.0181. The van der Waals surface area contributed by atoms with Crippen LogP contribution in [0.15, 0.2) is 41.7 Å². The Hall–Kier alpha value is -3.27. The summed E-state index contributed by atoms with van der Waals surface area (Å²) in [7, 11) is 0. The van der Waals surface area contributed by atoms with E-state index in [0.29, 0.717) is 11.0 Å². The van der Waals surface area contributed by atoms with E-state index in [4.69, 9.17) is 14.6 Å². The first kappa shape index (κ1) is 18.1. The number of aliphatic imine (C=N–C) groups is 1. The number of nitrogens with zero attached hydrogens (tertiary/aromatic N) is 2. The van der Waals surface area contributed by atoms with Gasteiger partial charge >= 0.3 is 0 Å². The second-order valence-electron chi connectivity index (χ2n) is 6.26. The van der Waals surface area contributed by atoms with Crippen LogP contribution in [-0.2, 0) is 4.74 Å². The molecule has 3 N–H and O–H groups in total. The Kier molecular flexibility index (Phi) is 4.55. The number of halogens is 3. The highest BCUT2D eigenvalue weighted by atomic mass is 19.1. The Bertz CT molecular complexity index is 1030. The molecular weight excluding hydrogens is 377 g/mol. The fraction of sp³-hybridized carbons (Fsp3) is 0.222. The zero-order valence-corrected chi connectivity index (χ0v) is 14.4. The van der Waals surface area contributed by atoms with Gasteiger partial charge in [-0.2, -0.15) is 0 Å². The molecule has 0 bridgehead atoms. The molecule has 0 aliphatic carbocycles. The molecule has 2 aromatic heterocycles. The monoisotopic (exact) mass is 392 g/mol. The first-order valence-electron chi connectivity index (χ1n) is 8.30. The maximum atomic E-state index is 14.5. The van der Waals surface area contributed by atoms with Crippen LogP contribution in [0.1, 0.15) is 0 Å². The topological polar surface area (TPSA) is 91.8 Å². The SMILES string of the molecule is OC[C@]1(F)CN=C(Nc2cc(F)c(Oc3ccnc4[nH]ccc34)c(F)c2)OC1. The summed E-state index contributed by atoms with van der Waals surface area (Å²) in [6, 6.07) is 5.08. The van der Waals surface area contributed by atoms with Crippen molar-refractivity contribution in [1.82, 2.24) is 9.97 Å². The molecule has 4 rings (SSSR count). The fourth-order valence-electron chi connectivity index (χ4n) is 2.66. The molecule has 3 heterocycles. The van der Waals surface area contributed by atoms with E-state index in [1.165, 1.54) is 12.3 Å². The van der Waals surface area contributed by atoms with Crippen LogP contribution in [0, 0.1) is 11.6 Å². The predicted octanol–water partition coefficient (Wildman–Crippen LogP) is 3.13. The maximum Gasteiger partial charge on any atom is 0.289 e. The molecule has 10 heteroatoms. The van der Waals surface area contributed by atoms with Crippen LogP contribution in [0.2, 0.25) is 0 Å². The summed E-state index contributed by atoms with van der Waals surface area (Å²) in [6.45, 7) is -1.48. The number of fused-ring (bicyclic) bond motifs is 1. The number of anilines is 1. The van der Waals surface area contributed by atoms with Gasteiger partial charge in [-0.3, -0.25) is 0 Å². The van der Waals surface area contributed by atoms with Crippen LogP contribution < -0.4 is 10.1 Å². The van der Waals surface area contributed by atoms with Crippen LogP contribution in [0.4, 0.5) is 18.9 Å². The number of aliphatic hydroxyl groups excluding tert-OH is 1. The van der Waals surface area contributed by atoms with E-state index < -0.39 is 36.3 Å². The Balaban J connectivity index is 1.55. The average molecular weight is 392 g/mol. The average Bonchev–Trinajstić information content (AvgIpc) is 3.16. The molecule has 0 spiro atoms. The molecule has 3 aromatic rings. The Morgan fingerprint density at radius 3 is 2.75 bits per heavy atom. The van der Waals surface area contributed by atoms with Crippen molar-refractivity contribution in [3.63, 3.8) is 0 Å². The van der Waals surface area contributed by atoms with Gasteiger partial charge in [0.2, 0.25) is 0 Å². The number of hydrogen-bond acceptors (Lipinski definition) is 6. The summed E-state index contributed by atoms with van der Waals surface area (Å²) in [5.41, 5.74) is -1.43. The lowest BCUT2D eigenvalue weighted by Gasteiger charge is -2.26. The zero-order chi connectivity index (χ0) is 19.7. The van der Waals surface area contributed by atoms with Gasteiger partial charge in [-0.1, -0.05) is 0 Å². The van der Waals surface area contributed by atoms with Crippen LogP contribution in [-0.4, -0.2) is 46.5 Å². The molecule has 1 aliphatic heterocycles. The summed E-state index contributed by atoms with van der Waals surface area (Å²) < 4.78 is 53.2. The van der Waals surface area contributed by atoms with Crippen molar-refractivity contribution in [2.75, 3.05) is 25.1 Å². The molecule has 1 atom stereocenters. The van der Waals surface area contributed by atoms with E-state index in [2.05, 4.69) is 20.3 Å². The number of alkyl halides is 1. The predicted molar refractivity (Wildman–Crippen MR) is 95.3 cm³/mol. The van der Waals surface area contributed by atoms with Gasteiger partial charge in [-0.15, -0.1) is 0 Å². The van der Waals surface area contributed by atoms with E-state index in [9.17, 15) is 13.2 Å². The number of aliphatic hydroxyl groups is 1. The van der Waals surface area contributed by atoms with Crippen molar-refractivity contribution >= 4 is 22.7 Å². The van der Waals surface area contributed by atoms with E-state index in [1.54, 1.807) is 12.3 Å². The number of pyridine rings is 1. The highest BCUT2D eigenvalue weighted by Gasteiger charge is 2.34. The van der Waals surface area contributed by atoms with Crippen molar-refractivity contribution in [2.24, 2.45) is 4.99 Å². The second kappa shape index (κ2) is 7.04. The lowest BCUT2D eigenvalue weighted by Crippen LogP contribution is -2.43. The highest BCUT2D eigenvalue weighted by Crippen LogP contribution is 2.33. The quantitative estimate of drug-likeness (QED) is 0.635. The van der Waals surface area contributed by atoms with Crippen molar-refractivity contribution in [3.8, 4) is 11.5 Å². The Morgan fingerprint density at radius 1 is 1.29 bits per heavy atom. The number of nitrogens with one attached hydrogen (secondary N) is 2. The summed E-state index contributed by atoms with van der Waals surface area (Å²) in [5, 5.41) is 12.1. The number of benzene rings is 1.